The number of rotatable bonds is 5. The van der Waals surface area contributed by atoms with Crippen LogP contribution in [0.3, 0.4) is 0 Å². The lowest BCUT2D eigenvalue weighted by Crippen LogP contribution is -2.36. The third kappa shape index (κ3) is 3.72. The van der Waals surface area contributed by atoms with Gasteiger partial charge < -0.3 is 4.74 Å². The van der Waals surface area contributed by atoms with Gasteiger partial charge in [0.2, 0.25) is 5.69 Å². The predicted molar refractivity (Wildman–Crippen MR) is 124 cm³/mol. The Morgan fingerprint density at radius 1 is 0.656 bits per heavy atom. The number of H-pyrrole nitrogens is 1. The van der Waals surface area contributed by atoms with Crippen molar-refractivity contribution in [3.05, 3.63) is 114 Å². The molecule has 0 bridgehead atoms. The second-order valence-corrected chi connectivity index (χ2v) is 7.38. The summed E-state index contributed by atoms with van der Waals surface area (Å²) in [6.07, 6.45) is 0. The van der Waals surface area contributed by atoms with Gasteiger partial charge in [0.25, 0.3) is 0 Å². The van der Waals surface area contributed by atoms with Crippen LogP contribution in [-0.2, 0) is 0 Å². The highest BCUT2D eigenvalue weighted by Gasteiger charge is 2.25. The van der Waals surface area contributed by atoms with Crippen LogP contribution in [0, 0.1) is 0 Å². The standard InChI is InChI=1S/C27H20N2O3/c1-31-25-17-13-22(14-18-25)21-11-15-24(16-12-21)29-26(27(30)32-28-29)23-9-7-20(8-10-23)19-5-3-2-4-6-19/h2-18H,1H3/p+1. The molecule has 0 aliphatic carbocycles. The number of nitrogens with one attached hydrogen (secondary N) is 1. The third-order valence-corrected chi connectivity index (χ3v) is 5.46. The van der Waals surface area contributed by atoms with E-state index in [0.717, 1.165) is 39.3 Å². The molecule has 1 heterocycles. The van der Waals surface area contributed by atoms with Crippen LogP contribution >= 0.6 is 0 Å². The molecule has 156 valence electrons. The predicted octanol–water partition coefficient (Wildman–Crippen LogP) is 5.25. The highest BCUT2D eigenvalue weighted by Crippen LogP contribution is 2.24. The van der Waals surface area contributed by atoms with E-state index < -0.39 is 5.63 Å². The monoisotopic (exact) mass is 421 g/mol. The molecule has 4 aromatic carbocycles. The van der Waals surface area contributed by atoms with Crippen LogP contribution in [0.15, 0.2) is 112 Å². The smallest absolute Gasteiger partial charge is 0.435 e. The summed E-state index contributed by atoms with van der Waals surface area (Å²) in [7, 11) is 1.65. The lowest BCUT2D eigenvalue weighted by Gasteiger charge is -2.04. The van der Waals surface area contributed by atoms with Crippen molar-refractivity contribution in [2.45, 2.75) is 0 Å². The fraction of sp³-hybridized carbons (Fsp3) is 0.0370. The second-order valence-electron chi connectivity index (χ2n) is 7.38. The van der Waals surface area contributed by atoms with Gasteiger partial charge in [0.05, 0.1) is 12.7 Å². The zero-order valence-electron chi connectivity index (χ0n) is 17.5. The van der Waals surface area contributed by atoms with Gasteiger partial charge in [-0.05, 0) is 68.6 Å². The minimum Gasteiger partial charge on any atom is -0.497 e. The van der Waals surface area contributed by atoms with E-state index in [1.807, 2.05) is 91.0 Å². The van der Waals surface area contributed by atoms with Crippen molar-refractivity contribution in [1.82, 2.24) is 5.27 Å². The van der Waals surface area contributed by atoms with Crippen molar-refractivity contribution in [2.75, 3.05) is 7.11 Å². The van der Waals surface area contributed by atoms with E-state index in [9.17, 15) is 4.79 Å². The SMILES string of the molecule is COc1ccc(-c2ccc(-[n+]3[nH]oc(=O)c3-c3ccc(-c4ccccc4)cc3)cc2)cc1. The van der Waals surface area contributed by atoms with Crippen LogP contribution < -0.4 is 15.0 Å². The average molecular weight is 421 g/mol. The molecule has 0 aliphatic rings. The van der Waals surface area contributed by atoms with Gasteiger partial charge in [-0.2, -0.15) is 0 Å². The topological polar surface area (TPSA) is 59.1 Å². The summed E-state index contributed by atoms with van der Waals surface area (Å²) in [5, 5.41) is 2.72. The van der Waals surface area contributed by atoms with Crippen LogP contribution in [0.5, 0.6) is 5.75 Å². The first-order valence-electron chi connectivity index (χ1n) is 10.3. The van der Waals surface area contributed by atoms with Crippen molar-refractivity contribution in [3.8, 4) is 44.9 Å². The van der Waals surface area contributed by atoms with Crippen molar-refractivity contribution in [1.29, 1.82) is 0 Å². The molecule has 0 fully saturated rings. The summed E-state index contributed by atoms with van der Waals surface area (Å²) < 4.78 is 12.0. The Kier molecular flexibility index (Phi) is 5.14. The van der Waals surface area contributed by atoms with Crippen LogP contribution in [-0.4, -0.2) is 12.4 Å². The fourth-order valence-corrected chi connectivity index (χ4v) is 3.74. The Labute approximate surface area is 185 Å². The molecule has 0 spiro atoms. The molecule has 5 aromatic rings. The normalized spacial score (nSPS) is 10.8. The van der Waals surface area contributed by atoms with Crippen molar-refractivity contribution in [3.63, 3.8) is 0 Å². The maximum Gasteiger partial charge on any atom is 0.435 e. The van der Waals surface area contributed by atoms with Gasteiger partial charge in [0.15, 0.2) is 0 Å². The molecule has 1 N–H and O–H groups in total. The molecular weight excluding hydrogens is 400 g/mol. The number of ether oxygens (including phenoxy) is 1. The molecule has 5 nitrogen and oxygen atoms in total. The van der Waals surface area contributed by atoms with E-state index in [1.54, 1.807) is 11.8 Å². The summed E-state index contributed by atoms with van der Waals surface area (Å²) in [6, 6.07) is 33.8. The summed E-state index contributed by atoms with van der Waals surface area (Å²) in [6.45, 7) is 0. The highest BCUT2D eigenvalue weighted by molar-refractivity contribution is 5.68. The molecule has 0 atom stereocenters. The summed E-state index contributed by atoms with van der Waals surface area (Å²) in [5.74, 6) is 0.819. The number of benzene rings is 4. The zero-order chi connectivity index (χ0) is 21.9. The highest BCUT2D eigenvalue weighted by atomic mass is 16.5. The van der Waals surface area contributed by atoms with Gasteiger partial charge in [-0.25, -0.2) is 4.79 Å². The zero-order valence-corrected chi connectivity index (χ0v) is 17.5. The fourth-order valence-electron chi connectivity index (χ4n) is 3.74. The quantitative estimate of drug-likeness (QED) is 0.394. The molecule has 5 rings (SSSR count). The Morgan fingerprint density at radius 2 is 1.16 bits per heavy atom. The Bertz CT molecular complexity index is 1380. The van der Waals surface area contributed by atoms with E-state index in [2.05, 4.69) is 17.4 Å². The number of nitrogens with zero attached hydrogens (tertiary/aromatic N) is 1. The first-order valence-corrected chi connectivity index (χ1v) is 10.3. The van der Waals surface area contributed by atoms with Crippen LogP contribution in [0.25, 0.3) is 39.2 Å². The molecule has 0 aliphatic heterocycles. The minimum atomic E-state index is -0.420. The summed E-state index contributed by atoms with van der Waals surface area (Å²) >= 11 is 0. The lowest BCUT2D eigenvalue weighted by atomic mass is 10.0. The molecule has 0 unspecified atom stereocenters. The Hall–Kier alpha value is -4.38. The van der Waals surface area contributed by atoms with Gasteiger partial charge in [-0.15, -0.1) is 0 Å². The lowest BCUT2D eigenvalue weighted by molar-refractivity contribution is -0.660. The minimum absolute atomic E-state index is 0.420. The first-order chi connectivity index (χ1) is 15.7. The number of hydrogen-bond acceptors (Lipinski definition) is 3. The van der Waals surface area contributed by atoms with Gasteiger partial charge >= 0.3 is 11.3 Å². The van der Waals surface area contributed by atoms with Crippen molar-refractivity contribution < 1.29 is 13.9 Å². The van der Waals surface area contributed by atoms with Crippen molar-refractivity contribution in [2.24, 2.45) is 0 Å². The number of hydrogen-bond donors (Lipinski definition) is 1. The van der Waals surface area contributed by atoms with E-state index in [4.69, 9.17) is 9.26 Å². The first kappa shape index (κ1) is 19.6. The van der Waals surface area contributed by atoms with Crippen LogP contribution in [0.1, 0.15) is 0 Å². The maximum atomic E-state index is 12.5. The Balaban J connectivity index is 1.46. The molecule has 0 amide bonds. The molecule has 32 heavy (non-hydrogen) atoms. The third-order valence-electron chi connectivity index (χ3n) is 5.46. The average Bonchev–Trinajstić information content (AvgIpc) is 3.26. The van der Waals surface area contributed by atoms with Gasteiger partial charge in [0.1, 0.15) is 5.75 Å². The van der Waals surface area contributed by atoms with E-state index >= 15 is 0 Å². The van der Waals surface area contributed by atoms with E-state index in [1.165, 1.54) is 0 Å². The van der Waals surface area contributed by atoms with Gasteiger partial charge in [0, 0.05) is 12.1 Å². The van der Waals surface area contributed by atoms with E-state index in [-0.39, 0.29) is 0 Å². The van der Waals surface area contributed by atoms with E-state index in [0.29, 0.717) is 5.69 Å². The maximum absolute atomic E-state index is 12.5. The van der Waals surface area contributed by atoms with Crippen LogP contribution in [0.2, 0.25) is 0 Å². The largest absolute Gasteiger partial charge is 0.497 e. The number of methoxy groups -OCH3 is 1. The number of aromatic nitrogens is 2. The summed E-state index contributed by atoms with van der Waals surface area (Å²) in [5.41, 5.74) is 5.97. The summed E-state index contributed by atoms with van der Waals surface area (Å²) in [4.78, 5) is 12.5. The molecule has 1 aromatic heterocycles. The second kappa shape index (κ2) is 8.40. The molecular formula is C27H21N2O3+. The van der Waals surface area contributed by atoms with Gasteiger partial charge in [-0.1, -0.05) is 54.6 Å². The van der Waals surface area contributed by atoms with Gasteiger partial charge in [-0.3, -0.25) is 4.52 Å². The molecule has 5 heteroatoms. The van der Waals surface area contributed by atoms with Crippen LogP contribution in [0.4, 0.5) is 0 Å². The number of aromatic amines is 1. The molecule has 0 radical (unpaired) electrons. The molecule has 0 saturated heterocycles. The Morgan fingerprint density at radius 3 is 1.75 bits per heavy atom. The van der Waals surface area contributed by atoms with Crippen molar-refractivity contribution >= 4 is 0 Å². The molecule has 0 saturated carbocycles.